The summed E-state index contributed by atoms with van der Waals surface area (Å²) in [4.78, 5) is 12.6. The third kappa shape index (κ3) is 5.64. The van der Waals surface area contributed by atoms with Crippen LogP contribution in [0.1, 0.15) is 39.0 Å². The largest absolute Gasteiger partial charge is 0.493 e. The molecule has 1 atom stereocenters. The number of ether oxygens (including phenoxy) is 2. The van der Waals surface area contributed by atoms with E-state index in [1.54, 1.807) is 25.1 Å². The lowest BCUT2D eigenvalue weighted by Crippen LogP contribution is -2.48. The fraction of sp³-hybridized carbons (Fsp3) is 0.550. The zero-order valence-corrected chi connectivity index (χ0v) is 17.8. The van der Waals surface area contributed by atoms with E-state index in [0.29, 0.717) is 23.7 Å². The number of nitrogens with one attached hydrogen (secondary N) is 1. The molecule has 1 amide bonds. The van der Waals surface area contributed by atoms with Crippen LogP contribution in [0.4, 0.5) is 5.69 Å². The molecule has 1 aromatic carbocycles. The van der Waals surface area contributed by atoms with Gasteiger partial charge < -0.3 is 14.8 Å². The lowest BCUT2D eigenvalue weighted by atomic mass is 9.97. The summed E-state index contributed by atoms with van der Waals surface area (Å²) in [6.07, 6.45) is 8.71. The molecule has 0 spiro atoms. The quantitative estimate of drug-likeness (QED) is 0.633. The third-order valence-electron chi connectivity index (χ3n) is 4.84. The van der Waals surface area contributed by atoms with Gasteiger partial charge in [-0.3, -0.25) is 9.10 Å². The van der Waals surface area contributed by atoms with Crippen molar-refractivity contribution in [3.63, 3.8) is 0 Å². The second kappa shape index (κ2) is 9.82. The molecule has 0 saturated carbocycles. The van der Waals surface area contributed by atoms with E-state index in [9.17, 15) is 13.2 Å². The van der Waals surface area contributed by atoms with Crippen molar-refractivity contribution in [2.24, 2.45) is 0 Å². The van der Waals surface area contributed by atoms with Crippen molar-refractivity contribution in [2.75, 3.05) is 31.3 Å². The van der Waals surface area contributed by atoms with Crippen molar-refractivity contribution in [2.45, 2.75) is 45.1 Å². The van der Waals surface area contributed by atoms with Gasteiger partial charge in [0, 0.05) is 12.6 Å². The van der Waals surface area contributed by atoms with Crippen LogP contribution in [0.25, 0.3) is 0 Å². The van der Waals surface area contributed by atoms with E-state index in [1.807, 2.05) is 0 Å². The second-order valence-corrected chi connectivity index (χ2v) is 8.78. The topological polar surface area (TPSA) is 84.9 Å². The zero-order chi connectivity index (χ0) is 20.7. The number of allylic oxidation sites excluding steroid dienone is 1. The lowest BCUT2D eigenvalue weighted by Gasteiger charge is -2.28. The highest BCUT2D eigenvalue weighted by molar-refractivity contribution is 7.92. The third-order valence-corrected chi connectivity index (χ3v) is 6.08. The predicted molar refractivity (Wildman–Crippen MR) is 111 cm³/mol. The van der Waals surface area contributed by atoms with Gasteiger partial charge in [0.05, 0.1) is 26.2 Å². The Morgan fingerprint density at radius 1 is 1.21 bits per heavy atom. The lowest BCUT2D eigenvalue weighted by molar-refractivity contribution is -0.121. The van der Waals surface area contributed by atoms with Crippen molar-refractivity contribution >= 4 is 21.6 Å². The summed E-state index contributed by atoms with van der Waals surface area (Å²) in [6.45, 7) is 2.07. The maximum atomic E-state index is 12.6. The van der Waals surface area contributed by atoms with E-state index in [-0.39, 0.29) is 5.91 Å². The standard InChI is InChI=1S/C20H30N2O5S/c1-15(20(23)21-13-12-16-8-6-5-7-9-16)22(28(4,24)25)17-10-11-18(26-2)19(14-17)27-3/h8,10-11,14-15H,5-7,9,12-13H2,1-4H3,(H,21,23)/t15-/m0/s1. The van der Waals surface area contributed by atoms with Gasteiger partial charge in [0.15, 0.2) is 11.5 Å². The number of hydrogen-bond donors (Lipinski definition) is 1. The molecule has 1 aliphatic rings. The fourth-order valence-corrected chi connectivity index (χ4v) is 4.56. The first-order valence-electron chi connectivity index (χ1n) is 9.45. The van der Waals surface area contributed by atoms with Crippen molar-refractivity contribution in [1.29, 1.82) is 0 Å². The molecule has 0 unspecified atom stereocenters. The highest BCUT2D eigenvalue weighted by Crippen LogP contribution is 2.33. The number of nitrogens with zero attached hydrogens (tertiary/aromatic N) is 1. The van der Waals surface area contributed by atoms with Gasteiger partial charge in [0.1, 0.15) is 6.04 Å². The maximum absolute atomic E-state index is 12.6. The number of methoxy groups -OCH3 is 2. The molecular weight excluding hydrogens is 380 g/mol. The number of hydrogen-bond acceptors (Lipinski definition) is 5. The summed E-state index contributed by atoms with van der Waals surface area (Å²) in [5, 5.41) is 2.86. The van der Waals surface area contributed by atoms with Crippen LogP contribution in [-0.4, -0.2) is 47.4 Å². The smallest absolute Gasteiger partial charge is 0.243 e. The highest BCUT2D eigenvalue weighted by atomic mass is 32.2. The SMILES string of the molecule is COc1ccc(N([C@@H](C)C(=O)NCCC2=CCCCC2)S(C)(=O)=O)cc1OC. The Balaban J connectivity index is 2.13. The highest BCUT2D eigenvalue weighted by Gasteiger charge is 2.29. The molecular formula is C20H30N2O5S. The molecule has 8 heteroatoms. The van der Waals surface area contributed by atoms with E-state index in [2.05, 4.69) is 11.4 Å². The molecule has 0 fully saturated rings. The minimum atomic E-state index is -3.69. The van der Waals surface area contributed by atoms with E-state index in [1.165, 1.54) is 32.6 Å². The molecule has 0 aliphatic heterocycles. The van der Waals surface area contributed by atoms with Crippen LogP contribution in [0.15, 0.2) is 29.8 Å². The first-order valence-corrected chi connectivity index (χ1v) is 11.3. The van der Waals surface area contributed by atoms with Gasteiger partial charge in [-0.05, 0) is 51.2 Å². The van der Waals surface area contributed by atoms with Crippen LogP contribution in [0.3, 0.4) is 0 Å². The monoisotopic (exact) mass is 410 g/mol. The maximum Gasteiger partial charge on any atom is 0.243 e. The van der Waals surface area contributed by atoms with Gasteiger partial charge in [0.2, 0.25) is 15.9 Å². The van der Waals surface area contributed by atoms with Crippen LogP contribution >= 0.6 is 0 Å². The summed E-state index contributed by atoms with van der Waals surface area (Å²) >= 11 is 0. The number of carbonyl (C=O) groups is 1. The van der Waals surface area contributed by atoms with Crippen molar-refractivity contribution < 1.29 is 22.7 Å². The molecule has 7 nitrogen and oxygen atoms in total. The number of sulfonamides is 1. The summed E-state index contributed by atoms with van der Waals surface area (Å²) in [7, 11) is -0.709. The molecule has 1 aliphatic carbocycles. The van der Waals surface area contributed by atoms with E-state index in [0.717, 1.165) is 29.8 Å². The molecule has 0 radical (unpaired) electrons. The average Bonchev–Trinajstić information content (AvgIpc) is 2.67. The van der Waals surface area contributed by atoms with Crippen molar-refractivity contribution in [3.8, 4) is 11.5 Å². The number of benzene rings is 1. The first-order chi connectivity index (χ1) is 13.3. The predicted octanol–water partition coefficient (Wildman–Crippen LogP) is 2.87. The number of rotatable bonds is 9. The normalized spacial score (nSPS) is 15.4. The number of carbonyl (C=O) groups excluding carboxylic acids is 1. The zero-order valence-electron chi connectivity index (χ0n) is 17.0. The summed E-state index contributed by atoms with van der Waals surface area (Å²) in [5.74, 6) is 0.541. The molecule has 0 saturated heterocycles. The molecule has 2 rings (SSSR count). The molecule has 28 heavy (non-hydrogen) atoms. The minimum Gasteiger partial charge on any atom is -0.493 e. The van der Waals surface area contributed by atoms with Crippen LogP contribution in [0, 0.1) is 0 Å². The summed E-state index contributed by atoms with van der Waals surface area (Å²) in [6, 6.07) is 3.87. The van der Waals surface area contributed by atoms with Gasteiger partial charge in [-0.2, -0.15) is 0 Å². The van der Waals surface area contributed by atoms with Crippen LogP contribution in [0.5, 0.6) is 11.5 Å². The molecule has 0 aromatic heterocycles. The van der Waals surface area contributed by atoms with E-state index >= 15 is 0 Å². The van der Waals surface area contributed by atoms with Gasteiger partial charge in [-0.15, -0.1) is 0 Å². The Morgan fingerprint density at radius 2 is 1.93 bits per heavy atom. The Labute approximate surface area is 167 Å². The summed E-state index contributed by atoms with van der Waals surface area (Å²) in [5.41, 5.74) is 1.71. The molecule has 1 N–H and O–H groups in total. The first kappa shape index (κ1) is 22.1. The molecule has 1 aromatic rings. The van der Waals surface area contributed by atoms with Gasteiger partial charge in [0.25, 0.3) is 0 Å². The molecule has 156 valence electrons. The Bertz CT molecular complexity index is 820. The summed E-state index contributed by atoms with van der Waals surface area (Å²) < 4.78 is 36.4. The Kier molecular flexibility index (Phi) is 7.74. The minimum absolute atomic E-state index is 0.336. The van der Waals surface area contributed by atoms with Crippen molar-refractivity contribution in [3.05, 3.63) is 29.8 Å². The number of anilines is 1. The van der Waals surface area contributed by atoms with E-state index in [4.69, 9.17) is 9.47 Å². The van der Waals surface area contributed by atoms with Crippen LogP contribution in [-0.2, 0) is 14.8 Å². The number of amides is 1. The average molecular weight is 411 g/mol. The second-order valence-electron chi connectivity index (χ2n) is 6.92. The van der Waals surface area contributed by atoms with Gasteiger partial charge >= 0.3 is 0 Å². The van der Waals surface area contributed by atoms with Gasteiger partial charge in [-0.1, -0.05) is 11.6 Å². The fourth-order valence-electron chi connectivity index (χ4n) is 3.40. The Hall–Kier alpha value is -2.22. The van der Waals surface area contributed by atoms with Gasteiger partial charge in [-0.25, -0.2) is 8.42 Å². The van der Waals surface area contributed by atoms with Crippen LogP contribution in [0.2, 0.25) is 0 Å². The van der Waals surface area contributed by atoms with Crippen molar-refractivity contribution in [1.82, 2.24) is 5.32 Å². The molecule has 0 bridgehead atoms. The van der Waals surface area contributed by atoms with E-state index < -0.39 is 16.1 Å². The molecule has 0 heterocycles. The Morgan fingerprint density at radius 3 is 2.50 bits per heavy atom. The van der Waals surface area contributed by atoms with Crippen LogP contribution < -0.4 is 19.1 Å².